The number of hydrogen-bond acceptors (Lipinski definition) is 5. The molecule has 2 N–H and O–H groups in total. The van der Waals surface area contributed by atoms with Crippen molar-refractivity contribution in [2.24, 2.45) is 0 Å². The van der Waals surface area contributed by atoms with Gasteiger partial charge in [0.05, 0.1) is 26.0 Å². The van der Waals surface area contributed by atoms with E-state index in [1.54, 1.807) is 19.2 Å². The summed E-state index contributed by atoms with van der Waals surface area (Å²) in [5, 5.41) is 17.4. The highest BCUT2D eigenvalue weighted by molar-refractivity contribution is 6.00. The number of benzene rings is 2. The molecule has 150 valence electrons. The van der Waals surface area contributed by atoms with Crippen molar-refractivity contribution in [3.63, 3.8) is 0 Å². The number of H-pyrrole nitrogens is 1. The lowest BCUT2D eigenvalue weighted by Gasteiger charge is -2.26. The quantitative estimate of drug-likeness (QED) is 0.666. The third-order valence-corrected chi connectivity index (χ3v) is 5.21. The van der Waals surface area contributed by atoms with Gasteiger partial charge in [0, 0.05) is 17.7 Å². The summed E-state index contributed by atoms with van der Waals surface area (Å²) in [7, 11) is 3.13. The van der Waals surface area contributed by atoms with Crippen LogP contribution in [0, 0.1) is 0 Å². The first kappa shape index (κ1) is 18.9. The number of fused-ring (bicyclic) bond motifs is 1. The molecular formula is C22H23N3O4. The summed E-state index contributed by atoms with van der Waals surface area (Å²) in [4.78, 5) is 14.9. The van der Waals surface area contributed by atoms with Crippen LogP contribution in [0.3, 0.4) is 0 Å². The van der Waals surface area contributed by atoms with E-state index in [-0.39, 0.29) is 17.7 Å². The number of hydrogen-bond donors (Lipinski definition) is 2. The zero-order chi connectivity index (χ0) is 20.5. The molecule has 1 atom stereocenters. The maximum absolute atomic E-state index is 13.1. The molecule has 0 bridgehead atoms. The number of phenolic OH excluding ortho intramolecular Hbond substituents is 1. The summed E-state index contributed by atoms with van der Waals surface area (Å²) in [5.74, 6) is 1.11. The number of phenols is 1. The Kier molecular flexibility index (Phi) is 4.88. The number of methoxy groups -OCH3 is 2. The number of aromatic hydroxyl groups is 1. The predicted molar refractivity (Wildman–Crippen MR) is 108 cm³/mol. The number of rotatable bonds is 6. The molecule has 2 heterocycles. The lowest BCUT2D eigenvalue weighted by atomic mass is 9.95. The highest BCUT2D eigenvalue weighted by Crippen LogP contribution is 2.44. The van der Waals surface area contributed by atoms with Crippen LogP contribution in [0.1, 0.15) is 41.0 Å². The lowest BCUT2D eigenvalue weighted by Crippen LogP contribution is -2.30. The number of aromatic nitrogens is 2. The zero-order valence-electron chi connectivity index (χ0n) is 16.6. The smallest absolute Gasteiger partial charge is 0.273 e. The fourth-order valence-corrected chi connectivity index (χ4v) is 3.85. The molecule has 1 amide bonds. The molecule has 1 aliphatic heterocycles. The van der Waals surface area contributed by atoms with Gasteiger partial charge in [-0.1, -0.05) is 13.0 Å². The van der Waals surface area contributed by atoms with Gasteiger partial charge in [0.2, 0.25) is 0 Å². The monoisotopic (exact) mass is 393 g/mol. The molecule has 0 aliphatic carbocycles. The van der Waals surface area contributed by atoms with Gasteiger partial charge in [-0.25, -0.2) is 0 Å². The molecule has 0 saturated heterocycles. The van der Waals surface area contributed by atoms with Crippen LogP contribution in [0.25, 0.3) is 11.3 Å². The fourth-order valence-electron chi connectivity index (χ4n) is 3.85. The minimum Gasteiger partial charge on any atom is -0.504 e. The molecule has 3 aromatic rings. The molecule has 1 aliphatic rings. The number of ether oxygens (including phenoxy) is 2. The summed E-state index contributed by atoms with van der Waals surface area (Å²) in [5.41, 5.74) is 3.82. The molecule has 1 unspecified atom stereocenters. The van der Waals surface area contributed by atoms with Crippen molar-refractivity contribution in [3.05, 3.63) is 59.3 Å². The minimum absolute atomic E-state index is 0.0606. The number of carbonyl (C=O) groups is 1. The number of amides is 1. The molecule has 7 heteroatoms. The molecule has 0 saturated carbocycles. The average molecular weight is 393 g/mol. The van der Waals surface area contributed by atoms with Gasteiger partial charge < -0.3 is 19.5 Å². The highest BCUT2D eigenvalue weighted by atomic mass is 16.5. The summed E-state index contributed by atoms with van der Waals surface area (Å²) in [6, 6.07) is 12.5. The van der Waals surface area contributed by atoms with Crippen LogP contribution in [0.2, 0.25) is 0 Å². The normalized spacial score (nSPS) is 15.5. The van der Waals surface area contributed by atoms with Crippen LogP contribution in [0.4, 0.5) is 0 Å². The Morgan fingerprint density at radius 3 is 2.55 bits per heavy atom. The van der Waals surface area contributed by atoms with Crippen molar-refractivity contribution >= 4 is 5.91 Å². The Labute approximate surface area is 168 Å². The molecule has 1 aromatic heterocycles. The molecule has 0 fully saturated rings. The van der Waals surface area contributed by atoms with E-state index in [2.05, 4.69) is 10.2 Å². The molecule has 29 heavy (non-hydrogen) atoms. The van der Waals surface area contributed by atoms with Gasteiger partial charge in [-0.05, 0) is 48.4 Å². The number of carbonyl (C=O) groups excluding carboxylic acids is 1. The SMILES string of the molecule is CCCN1C(=O)c2[nH]nc(-c3ccc(OC)cc3)c2C1c1ccc(O)c(OC)c1. The van der Waals surface area contributed by atoms with E-state index in [0.717, 1.165) is 34.6 Å². The lowest BCUT2D eigenvalue weighted by molar-refractivity contribution is 0.0744. The van der Waals surface area contributed by atoms with E-state index in [1.165, 1.54) is 7.11 Å². The van der Waals surface area contributed by atoms with Crippen molar-refractivity contribution in [2.45, 2.75) is 19.4 Å². The third kappa shape index (κ3) is 3.08. The Morgan fingerprint density at radius 2 is 1.90 bits per heavy atom. The van der Waals surface area contributed by atoms with Gasteiger partial charge in [0.1, 0.15) is 11.4 Å². The third-order valence-electron chi connectivity index (χ3n) is 5.21. The van der Waals surface area contributed by atoms with E-state index in [1.807, 2.05) is 42.2 Å². The van der Waals surface area contributed by atoms with Crippen LogP contribution >= 0.6 is 0 Å². The van der Waals surface area contributed by atoms with Crippen LogP contribution in [-0.2, 0) is 0 Å². The summed E-state index contributed by atoms with van der Waals surface area (Å²) in [6.07, 6.45) is 0.826. The van der Waals surface area contributed by atoms with Gasteiger partial charge in [-0.15, -0.1) is 0 Å². The van der Waals surface area contributed by atoms with E-state index in [4.69, 9.17) is 9.47 Å². The first-order chi connectivity index (χ1) is 14.1. The number of aromatic amines is 1. The van der Waals surface area contributed by atoms with Crippen LogP contribution in [-0.4, -0.2) is 46.9 Å². The first-order valence-corrected chi connectivity index (χ1v) is 9.49. The van der Waals surface area contributed by atoms with Gasteiger partial charge in [-0.3, -0.25) is 9.89 Å². The summed E-state index contributed by atoms with van der Waals surface area (Å²) >= 11 is 0. The Hall–Kier alpha value is -3.48. The largest absolute Gasteiger partial charge is 0.504 e. The predicted octanol–water partition coefficient (Wildman–Crippen LogP) is 3.75. The fraction of sp³-hybridized carbons (Fsp3) is 0.273. The van der Waals surface area contributed by atoms with Crippen molar-refractivity contribution in [2.75, 3.05) is 20.8 Å². The zero-order valence-corrected chi connectivity index (χ0v) is 16.6. The first-order valence-electron chi connectivity index (χ1n) is 9.49. The van der Waals surface area contributed by atoms with E-state index < -0.39 is 0 Å². The molecular weight excluding hydrogens is 370 g/mol. The maximum atomic E-state index is 13.1. The molecule has 4 rings (SSSR count). The van der Waals surface area contributed by atoms with Crippen LogP contribution in [0.15, 0.2) is 42.5 Å². The minimum atomic E-state index is -0.317. The van der Waals surface area contributed by atoms with Crippen molar-refractivity contribution in [3.8, 4) is 28.5 Å². The highest BCUT2D eigenvalue weighted by Gasteiger charge is 2.41. The van der Waals surface area contributed by atoms with E-state index in [9.17, 15) is 9.90 Å². The maximum Gasteiger partial charge on any atom is 0.273 e. The van der Waals surface area contributed by atoms with Gasteiger partial charge in [0.15, 0.2) is 11.5 Å². The van der Waals surface area contributed by atoms with E-state index >= 15 is 0 Å². The number of nitrogens with one attached hydrogen (secondary N) is 1. The standard InChI is InChI=1S/C22H23N3O4/c1-4-11-25-21(14-7-10-16(26)17(12-14)29-3)18-19(23-24-20(18)22(25)27)13-5-8-15(28-2)9-6-13/h5-10,12,21,26H,4,11H2,1-3H3,(H,23,24). The van der Waals surface area contributed by atoms with Crippen LogP contribution in [0.5, 0.6) is 17.2 Å². The second-order valence-electron chi connectivity index (χ2n) is 6.92. The van der Waals surface area contributed by atoms with Crippen molar-refractivity contribution in [1.29, 1.82) is 0 Å². The Bertz CT molecular complexity index is 1040. The summed E-state index contributed by atoms with van der Waals surface area (Å²) < 4.78 is 10.5. The van der Waals surface area contributed by atoms with E-state index in [0.29, 0.717) is 18.0 Å². The molecule has 0 spiro atoms. The van der Waals surface area contributed by atoms with Crippen molar-refractivity contribution < 1.29 is 19.4 Å². The second kappa shape index (κ2) is 7.50. The Morgan fingerprint density at radius 1 is 1.14 bits per heavy atom. The molecule has 0 radical (unpaired) electrons. The van der Waals surface area contributed by atoms with Gasteiger partial charge in [-0.2, -0.15) is 5.10 Å². The topological polar surface area (TPSA) is 87.7 Å². The number of nitrogens with zero attached hydrogens (tertiary/aromatic N) is 2. The Balaban J connectivity index is 1.87. The average Bonchev–Trinajstić information content (AvgIpc) is 3.29. The van der Waals surface area contributed by atoms with Crippen LogP contribution < -0.4 is 9.47 Å². The second-order valence-corrected chi connectivity index (χ2v) is 6.92. The summed E-state index contributed by atoms with van der Waals surface area (Å²) in [6.45, 7) is 2.65. The van der Waals surface area contributed by atoms with Crippen molar-refractivity contribution in [1.82, 2.24) is 15.1 Å². The molecule has 2 aromatic carbocycles. The molecule has 7 nitrogen and oxygen atoms in total. The van der Waals surface area contributed by atoms with Gasteiger partial charge >= 0.3 is 0 Å². The van der Waals surface area contributed by atoms with Gasteiger partial charge in [0.25, 0.3) is 5.91 Å².